The molecule has 1 saturated heterocycles. The fraction of sp³-hybridized carbons (Fsp3) is 0.769. The van der Waals surface area contributed by atoms with Gasteiger partial charge in [-0.2, -0.15) is 0 Å². The smallest absolute Gasteiger partial charge is 0.330 e. The van der Waals surface area contributed by atoms with Crippen molar-refractivity contribution in [1.29, 1.82) is 0 Å². The molecule has 0 N–H and O–H groups in total. The average Bonchev–Trinajstić information content (AvgIpc) is 2.62. The van der Waals surface area contributed by atoms with Crippen molar-refractivity contribution in [3.63, 3.8) is 0 Å². The van der Waals surface area contributed by atoms with Crippen LogP contribution >= 0.6 is 0 Å². The van der Waals surface area contributed by atoms with Crippen molar-refractivity contribution in [3.8, 4) is 0 Å². The fourth-order valence-corrected chi connectivity index (χ4v) is 4.83. The molecule has 0 radical (unpaired) electrons. The Bertz CT molecular complexity index is 391. The molecule has 0 aromatic heterocycles. The summed E-state index contributed by atoms with van der Waals surface area (Å²) in [6, 6.07) is 0. The van der Waals surface area contributed by atoms with E-state index in [1.807, 2.05) is 0 Å². The third-order valence-corrected chi connectivity index (χ3v) is 5.30. The fourth-order valence-electron chi connectivity index (χ4n) is 4.83. The minimum absolute atomic E-state index is 0.00245. The maximum Gasteiger partial charge on any atom is 0.330 e. The highest BCUT2D eigenvalue weighted by Crippen LogP contribution is 2.77. The van der Waals surface area contributed by atoms with Crippen LogP contribution in [0.4, 0.5) is 0 Å². The third kappa shape index (κ3) is 0.775. The second-order valence-electron chi connectivity index (χ2n) is 5.71. The summed E-state index contributed by atoms with van der Waals surface area (Å²) in [5, 5.41) is 0. The molecule has 3 aliphatic carbocycles. The van der Waals surface area contributed by atoms with Crippen LogP contribution in [0.15, 0.2) is 12.7 Å². The summed E-state index contributed by atoms with van der Waals surface area (Å²) in [7, 11) is 0. The summed E-state index contributed by atoms with van der Waals surface area (Å²) in [6.45, 7) is 3.45. The molecule has 16 heavy (non-hydrogen) atoms. The van der Waals surface area contributed by atoms with Gasteiger partial charge in [0.05, 0.1) is 0 Å². The van der Waals surface area contributed by atoms with E-state index >= 15 is 0 Å². The van der Waals surface area contributed by atoms with Crippen LogP contribution in [0.5, 0.6) is 0 Å². The van der Waals surface area contributed by atoms with E-state index in [0.29, 0.717) is 0 Å². The van der Waals surface area contributed by atoms with Crippen molar-refractivity contribution in [2.75, 3.05) is 0 Å². The summed E-state index contributed by atoms with van der Waals surface area (Å²) in [5.74, 6) is 1.19. The lowest BCUT2D eigenvalue weighted by atomic mass is 9.80. The van der Waals surface area contributed by atoms with Gasteiger partial charge in [-0.15, -0.1) is 0 Å². The Morgan fingerprint density at radius 1 is 1.50 bits per heavy atom. The average molecular weight is 220 g/mol. The molecule has 0 aromatic rings. The highest BCUT2D eigenvalue weighted by Gasteiger charge is 2.86. The minimum Gasteiger partial charge on any atom is -0.456 e. The summed E-state index contributed by atoms with van der Waals surface area (Å²) in [6.07, 6.45) is 7.15. The number of epoxide rings is 1. The van der Waals surface area contributed by atoms with E-state index in [4.69, 9.17) is 9.47 Å². The van der Waals surface area contributed by atoms with Gasteiger partial charge in [0.15, 0.2) is 0 Å². The van der Waals surface area contributed by atoms with Crippen molar-refractivity contribution in [3.05, 3.63) is 12.7 Å². The van der Waals surface area contributed by atoms with E-state index in [0.717, 1.165) is 24.7 Å². The van der Waals surface area contributed by atoms with Gasteiger partial charge >= 0.3 is 5.97 Å². The van der Waals surface area contributed by atoms with Crippen molar-refractivity contribution in [1.82, 2.24) is 0 Å². The number of ether oxygens (including phenoxy) is 2. The molecule has 4 fully saturated rings. The molecule has 2 spiro atoms. The first kappa shape index (κ1) is 9.23. The maximum absolute atomic E-state index is 11.3. The molecule has 3 nitrogen and oxygen atoms in total. The normalized spacial score (nSPS) is 55.6. The number of rotatable bonds is 2. The Kier molecular flexibility index (Phi) is 1.46. The molecule has 0 aromatic carbocycles. The van der Waals surface area contributed by atoms with Gasteiger partial charge in [-0.3, -0.25) is 0 Å². The third-order valence-electron chi connectivity index (χ3n) is 5.30. The molecule has 4 rings (SSSR count). The van der Waals surface area contributed by atoms with E-state index in [1.54, 1.807) is 0 Å². The summed E-state index contributed by atoms with van der Waals surface area (Å²) >= 11 is 0. The highest BCUT2D eigenvalue weighted by atomic mass is 16.7. The van der Waals surface area contributed by atoms with Crippen molar-refractivity contribution in [2.24, 2.45) is 11.8 Å². The van der Waals surface area contributed by atoms with Gasteiger partial charge in [-0.05, 0) is 37.5 Å². The SMILES string of the molecule is C=CC(=O)OC1CC2CC13OC31CCCC21. The second kappa shape index (κ2) is 2.53. The lowest BCUT2D eigenvalue weighted by molar-refractivity contribution is -0.145. The molecule has 1 heterocycles. The van der Waals surface area contributed by atoms with Crippen LogP contribution < -0.4 is 0 Å². The monoisotopic (exact) mass is 220 g/mol. The molecule has 3 heteroatoms. The summed E-state index contributed by atoms with van der Waals surface area (Å²) in [4.78, 5) is 11.3. The molecule has 5 atom stereocenters. The van der Waals surface area contributed by atoms with Crippen molar-refractivity contribution >= 4 is 5.97 Å². The quantitative estimate of drug-likeness (QED) is 0.405. The first-order chi connectivity index (χ1) is 7.72. The number of esters is 1. The Balaban J connectivity index is 1.63. The minimum atomic E-state index is -0.299. The molecule has 0 amide bonds. The zero-order valence-electron chi connectivity index (χ0n) is 9.28. The predicted octanol–water partition coefficient (Wildman–Crippen LogP) is 1.82. The number of fused-ring (bicyclic) bond motifs is 2. The number of hydrogen-bond donors (Lipinski definition) is 0. The van der Waals surface area contributed by atoms with Crippen LogP contribution in [0.3, 0.4) is 0 Å². The number of carbonyl (C=O) groups excluding carboxylic acids is 1. The van der Waals surface area contributed by atoms with Crippen LogP contribution in [0.2, 0.25) is 0 Å². The Morgan fingerprint density at radius 2 is 2.38 bits per heavy atom. The lowest BCUT2D eigenvalue weighted by Crippen LogP contribution is -2.38. The number of hydrogen-bond acceptors (Lipinski definition) is 3. The van der Waals surface area contributed by atoms with Crippen LogP contribution in [-0.2, 0) is 14.3 Å². The van der Waals surface area contributed by atoms with Gasteiger partial charge in [-0.1, -0.05) is 13.0 Å². The van der Waals surface area contributed by atoms with Crippen LogP contribution in [0.25, 0.3) is 0 Å². The zero-order valence-corrected chi connectivity index (χ0v) is 9.28. The topological polar surface area (TPSA) is 38.8 Å². The first-order valence-electron chi connectivity index (χ1n) is 6.25. The van der Waals surface area contributed by atoms with Gasteiger partial charge in [0.2, 0.25) is 0 Å². The van der Waals surface area contributed by atoms with Crippen LogP contribution in [-0.4, -0.2) is 23.3 Å². The Hall–Kier alpha value is -0.830. The van der Waals surface area contributed by atoms with Gasteiger partial charge in [0, 0.05) is 6.08 Å². The molecule has 3 saturated carbocycles. The number of carbonyl (C=O) groups is 1. The van der Waals surface area contributed by atoms with Gasteiger partial charge in [0.25, 0.3) is 0 Å². The van der Waals surface area contributed by atoms with Gasteiger partial charge in [-0.25, -0.2) is 4.79 Å². The van der Waals surface area contributed by atoms with E-state index in [9.17, 15) is 4.79 Å². The lowest BCUT2D eigenvalue weighted by Gasteiger charge is -2.26. The van der Waals surface area contributed by atoms with E-state index in [-0.39, 0.29) is 23.3 Å². The van der Waals surface area contributed by atoms with Gasteiger partial charge in [0.1, 0.15) is 17.3 Å². The standard InChI is InChI=1S/C13H16O3/c1-2-11(14)15-10-6-8-7-13(10)12(16-13)5-3-4-9(8)12/h2,8-10H,1,3-7H2. The molecular weight excluding hydrogens is 204 g/mol. The zero-order chi connectivity index (χ0) is 11.0. The van der Waals surface area contributed by atoms with E-state index in [2.05, 4.69) is 6.58 Å². The molecular formula is C13H16O3. The largest absolute Gasteiger partial charge is 0.456 e. The maximum atomic E-state index is 11.3. The molecule has 4 aliphatic rings. The van der Waals surface area contributed by atoms with Crippen LogP contribution in [0, 0.1) is 11.8 Å². The molecule has 86 valence electrons. The van der Waals surface area contributed by atoms with Crippen molar-refractivity contribution in [2.45, 2.75) is 49.4 Å². The van der Waals surface area contributed by atoms with Gasteiger partial charge < -0.3 is 9.47 Å². The first-order valence-corrected chi connectivity index (χ1v) is 6.25. The second-order valence-corrected chi connectivity index (χ2v) is 5.71. The highest BCUT2D eigenvalue weighted by molar-refractivity contribution is 5.81. The summed E-state index contributed by atoms with van der Waals surface area (Å²) in [5.41, 5.74) is 0.0273. The Labute approximate surface area is 94.8 Å². The van der Waals surface area contributed by atoms with E-state index < -0.39 is 0 Å². The predicted molar refractivity (Wildman–Crippen MR) is 56.7 cm³/mol. The van der Waals surface area contributed by atoms with Crippen LogP contribution in [0.1, 0.15) is 32.1 Å². The summed E-state index contributed by atoms with van der Waals surface area (Å²) < 4.78 is 11.5. The van der Waals surface area contributed by atoms with E-state index in [1.165, 1.54) is 25.3 Å². The molecule has 2 bridgehead atoms. The Morgan fingerprint density at radius 3 is 3.19 bits per heavy atom. The molecule has 5 unspecified atom stereocenters. The molecule has 1 aliphatic heterocycles. The van der Waals surface area contributed by atoms with Crippen molar-refractivity contribution < 1.29 is 14.3 Å².